The van der Waals surface area contributed by atoms with Gasteiger partial charge in [-0.15, -0.1) is 0 Å². The standard InChI is InChI=1S/C39H23N3/c40-24-27-13-10-18-29-32(27)23-37(34-22-26-12-5-4-11-25(26)21-33(29)34)42-36-20-9-7-17-31(36)38-30-16-6-8-19-35(30)41(39(38)42)28-14-2-1-3-15-28/h1-23H. The van der Waals surface area contributed by atoms with E-state index in [9.17, 15) is 5.26 Å². The second-order valence-corrected chi connectivity index (χ2v) is 10.9. The minimum atomic E-state index is 0.681. The molecule has 0 saturated heterocycles. The molecule has 42 heavy (non-hydrogen) atoms. The molecule has 0 aliphatic heterocycles. The maximum Gasteiger partial charge on any atom is 0.131 e. The quantitative estimate of drug-likeness (QED) is 0.161. The second kappa shape index (κ2) is 8.57. The van der Waals surface area contributed by atoms with Gasteiger partial charge < -0.3 is 0 Å². The van der Waals surface area contributed by atoms with Crippen molar-refractivity contribution in [2.24, 2.45) is 0 Å². The van der Waals surface area contributed by atoms with Crippen molar-refractivity contribution in [3.63, 3.8) is 0 Å². The van der Waals surface area contributed by atoms with Crippen molar-refractivity contribution in [1.29, 1.82) is 5.26 Å². The fourth-order valence-electron chi connectivity index (χ4n) is 6.91. The summed E-state index contributed by atoms with van der Waals surface area (Å²) >= 11 is 0. The lowest BCUT2D eigenvalue weighted by Crippen LogP contribution is -2.02. The Bertz CT molecular complexity index is 2580. The van der Waals surface area contributed by atoms with Crippen molar-refractivity contribution in [2.45, 2.75) is 0 Å². The monoisotopic (exact) mass is 533 g/mol. The molecule has 9 aromatic rings. The molecule has 0 amide bonds. The number of rotatable bonds is 2. The van der Waals surface area contributed by atoms with E-state index in [2.05, 4.69) is 143 Å². The Morgan fingerprint density at radius 3 is 1.76 bits per heavy atom. The molecule has 3 heteroatoms. The van der Waals surface area contributed by atoms with Gasteiger partial charge in [-0.1, -0.05) is 91.0 Å². The Kier molecular flexibility index (Phi) is 4.68. The van der Waals surface area contributed by atoms with Crippen LogP contribution in [0, 0.1) is 11.3 Å². The zero-order chi connectivity index (χ0) is 27.8. The molecule has 0 N–H and O–H groups in total. The topological polar surface area (TPSA) is 33.6 Å². The molecule has 0 aliphatic carbocycles. The van der Waals surface area contributed by atoms with Gasteiger partial charge in [0.1, 0.15) is 5.65 Å². The number of benzene rings is 7. The van der Waals surface area contributed by atoms with Gasteiger partial charge in [0.2, 0.25) is 0 Å². The third-order valence-electron chi connectivity index (χ3n) is 8.69. The Labute approximate surface area is 241 Å². The minimum absolute atomic E-state index is 0.681. The van der Waals surface area contributed by atoms with E-state index in [1.807, 2.05) is 12.1 Å². The maximum absolute atomic E-state index is 10.2. The van der Waals surface area contributed by atoms with Crippen LogP contribution in [-0.4, -0.2) is 9.13 Å². The molecule has 0 radical (unpaired) electrons. The van der Waals surface area contributed by atoms with Crippen molar-refractivity contribution >= 4 is 65.2 Å². The highest BCUT2D eigenvalue weighted by Crippen LogP contribution is 2.43. The molecule has 9 rings (SSSR count). The zero-order valence-electron chi connectivity index (χ0n) is 22.6. The van der Waals surface area contributed by atoms with Crippen LogP contribution in [0.2, 0.25) is 0 Å². The first-order chi connectivity index (χ1) is 20.8. The zero-order valence-corrected chi connectivity index (χ0v) is 22.6. The first-order valence-corrected chi connectivity index (χ1v) is 14.2. The predicted octanol–water partition coefficient (Wildman–Crippen LogP) is 10.1. The fourth-order valence-corrected chi connectivity index (χ4v) is 6.91. The number of nitriles is 1. The van der Waals surface area contributed by atoms with E-state index >= 15 is 0 Å². The van der Waals surface area contributed by atoms with Gasteiger partial charge in [0.05, 0.1) is 28.4 Å². The second-order valence-electron chi connectivity index (χ2n) is 10.9. The van der Waals surface area contributed by atoms with Crippen LogP contribution in [0.15, 0.2) is 140 Å². The molecule has 0 unspecified atom stereocenters. The van der Waals surface area contributed by atoms with Gasteiger partial charge in [-0.25, -0.2) is 0 Å². The van der Waals surface area contributed by atoms with Crippen molar-refractivity contribution < 1.29 is 0 Å². The van der Waals surface area contributed by atoms with E-state index < -0.39 is 0 Å². The summed E-state index contributed by atoms with van der Waals surface area (Å²) in [6.07, 6.45) is 0. The molecule has 2 heterocycles. The third-order valence-corrected chi connectivity index (χ3v) is 8.69. The molecule has 0 bridgehead atoms. The van der Waals surface area contributed by atoms with Crippen LogP contribution in [0.1, 0.15) is 5.56 Å². The number of para-hydroxylation sites is 3. The summed E-state index contributed by atoms with van der Waals surface area (Å²) in [6, 6.07) is 51.8. The smallest absolute Gasteiger partial charge is 0.131 e. The number of hydrogen-bond acceptors (Lipinski definition) is 1. The molecule has 7 aromatic carbocycles. The van der Waals surface area contributed by atoms with E-state index in [1.54, 1.807) is 0 Å². The van der Waals surface area contributed by atoms with E-state index in [-0.39, 0.29) is 0 Å². The van der Waals surface area contributed by atoms with Crippen molar-refractivity contribution in [3.8, 4) is 17.4 Å². The number of aromatic nitrogens is 2. The van der Waals surface area contributed by atoms with Gasteiger partial charge in [0, 0.05) is 32.6 Å². The van der Waals surface area contributed by atoms with Crippen LogP contribution in [0.25, 0.3) is 76.5 Å². The molecule has 0 fully saturated rings. The number of hydrogen-bond donors (Lipinski definition) is 0. The Morgan fingerprint density at radius 2 is 1.05 bits per heavy atom. The van der Waals surface area contributed by atoms with E-state index in [0.29, 0.717) is 5.56 Å². The maximum atomic E-state index is 10.2. The Morgan fingerprint density at radius 1 is 0.452 bits per heavy atom. The summed E-state index contributed by atoms with van der Waals surface area (Å²) in [4.78, 5) is 0. The highest BCUT2D eigenvalue weighted by molar-refractivity contribution is 6.24. The van der Waals surface area contributed by atoms with Crippen LogP contribution in [0.5, 0.6) is 0 Å². The van der Waals surface area contributed by atoms with Crippen LogP contribution in [-0.2, 0) is 0 Å². The lowest BCUT2D eigenvalue weighted by Gasteiger charge is -2.17. The lowest BCUT2D eigenvalue weighted by atomic mass is 9.94. The first-order valence-electron chi connectivity index (χ1n) is 14.2. The van der Waals surface area contributed by atoms with Crippen LogP contribution >= 0.6 is 0 Å². The largest absolute Gasteiger partial charge is 0.295 e. The SMILES string of the molecule is N#Cc1cccc2c1cc(-n1c3ccccc3c3c4ccccc4n(-c4ccccc4)c31)c1cc3ccccc3cc12. The molecule has 0 aliphatic rings. The normalized spacial score (nSPS) is 11.8. The van der Waals surface area contributed by atoms with Gasteiger partial charge in [0.15, 0.2) is 0 Å². The highest BCUT2D eigenvalue weighted by atomic mass is 15.1. The molecule has 194 valence electrons. The molecule has 2 aromatic heterocycles. The van der Waals surface area contributed by atoms with Crippen molar-refractivity contribution in [1.82, 2.24) is 9.13 Å². The Hall–Kier alpha value is -5.85. The van der Waals surface area contributed by atoms with Gasteiger partial charge in [-0.05, 0) is 70.1 Å². The third kappa shape index (κ3) is 3.04. The predicted molar refractivity (Wildman–Crippen MR) is 175 cm³/mol. The van der Waals surface area contributed by atoms with Gasteiger partial charge in [-0.3, -0.25) is 9.13 Å². The van der Waals surface area contributed by atoms with Gasteiger partial charge >= 0.3 is 0 Å². The summed E-state index contributed by atoms with van der Waals surface area (Å²) in [5.41, 5.74) is 6.28. The molecule has 3 nitrogen and oxygen atoms in total. The first kappa shape index (κ1) is 22.9. The summed E-state index contributed by atoms with van der Waals surface area (Å²) in [7, 11) is 0. The molecule has 0 atom stereocenters. The van der Waals surface area contributed by atoms with Crippen molar-refractivity contribution in [2.75, 3.05) is 0 Å². The molecule has 0 spiro atoms. The molecular weight excluding hydrogens is 510 g/mol. The van der Waals surface area contributed by atoms with Gasteiger partial charge in [0.25, 0.3) is 0 Å². The van der Waals surface area contributed by atoms with Crippen LogP contribution < -0.4 is 0 Å². The lowest BCUT2D eigenvalue weighted by molar-refractivity contribution is 1.08. The summed E-state index contributed by atoms with van der Waals surface area (Å²) in [5.74, 6) is 0. The van der Waals surface area contributed by atoms with Gasteiger partial charge in [-0.2, -0.15) is 5.26 Å². The Balaban J connectivity index is 1.58. The van der Waals surface area contributed by atoms with E-state index in [4.69, 9.17) is 0 Å². The highest BCUT2D eigenvalue weighted by Gasteiger charge is 2.23. The molecule has 0 saturated carbocycles. The fraction of sp³-hybridized carbons (Fsp3) is 0. The van der Waals surface area contributed by atoms with Crippen LogP contribution in [0.4, 0.5) is 0 Å². The van der Waals surface area contributed by atoms with Crippen LogP contribution in [0.3, 0.4) is 0 Å². The minimum Gasteiger partial charge on any atom is -0.295 e. The van der Waals surface area contributed by atoms with Crippen molar-refractivity contribution in [3.05, 3.63) is 145 Å². The van der Waals surface area contributed by atoms with E-state index in [1.165, 1.54) is 32.4 Å². The average molecular weight is 534 g/mol. The summed E-state index contributed by atoms with van der Waals surface area (Å²) < 4.78 is 4.81. The van der Waals surface area contributed by atoms with E-state index in [0.717, 1.165) is 44.1 Å². The number of nitrogens with zero attached hydrogens (tertiary/aromatic N) is 3. The average Bonchev–Trinajstić information content (AvgIpc) is 3.56. The summed E-state index contributed by atoms with van der Waals surface area (Å²) in [5, 5.41) is 20.6. The summed E-state index contributed by atoms with van der Waals surface area (Å²) in [6.45, 7) is 0. The number of fused-ring (bicyclic) bond motifs is 9. The molecular formula is C39H23N3.